The average Bonchev–Trinajstić information content (AvgIpc) is 2.29. The normalized spacial score (nSPS) is 32.6. The monoisotopic (exact) mass is 226 g/mol. The van der Waals surface area contributed by atoms with E-state index in [9.17, 15) is 5.11 Å². The summed E-state index contributed by atoms with van der Waals surface area (Å²) in [4.78, 5) is 0. The van der Waals surface area contributed by atoms with Crippen LogP contribution in [0.5, 0.6) is 0 Å². The molecular formula is C15H30O. The van der Waals surface area contributed by atoms with Crippen LogP contribution in [0.1, 0.15) is 78.6 Å². The molecule has 0 radical (unpaired) electrons. The molecule has 0 bridgehead atoms. The maximum absolute atomic E-state index is 10.6. The van der Waals surface area contributed by atoms with Gasteiger partial charge in [0.2, 0.25) is 0 Å². The van der Waals surface area contributed by atoms with E-state index in [0.717, 1.165) is 31.1 Å². The van der Waals surface area contributed by atoms with Gasteiger partial charge in [0.1, 0.15) is 0 Å². The second-order valence-corrected chi connectivity index (χ2v) is 6.03. The molecule has 1 unspecified atom stereocenters. The van der Waals surface area contributed by atoms with E-state index in [4.69, 9.17) is 0 Å². The quantitative estimate of drug-likeness (QED) is 0.705. The third-order valence-corrected chi connectivity index (χ3v) is 4.42. The molecule has 0 spiro atoms. The molecule has 1 saturated carbocycles. The highest BCUT2D eigenvalue weighted by molar-refractivity contribution is 4.86. The van der Waals surface area contributed by atoms with Gasteiger partial charge in [-0.1, -0.05) is 46.5 Å². The molecule has 16 heavy (non-hydrogen) atoms. The number of rotatable bonds is 6. The molecule has 1 rings (SSSR count). The SMILES string of the molecule is CCCCC(CC)CC1(O)CCC(C)CC1. The Labute approximate surface area is 102 Å². The molecule has 1 nitrogen and oxygen atoms in total. The lowest BCUT2D eigenvalue weighted by Gasteiger charge is -2.37. The van der Waals surface area contributed by atoms with Crippen LogP contribution in [0.25, 0.3) is 0 Å². The van der Waals surface area contributed by atoms with Gasteiger partial charge in [0.15, 0.2) is 0 Å². The van der Waals surface area contributed by atoms with E-state index < -0.39 is 0 Å². The Morgan fingerprint density at radius 2 is 1.88 bits per heavy atom. The van der Waals surface area contributed by atoms with Gasteiger partial charge in [-0.3, -0.25) is 0 Å². The second kappa shape index (κ2) is 6.64. The second-order valence-electron chi connectivity index (χ2n) is 6.03. The fourth-order valence-electron chi connectivity index (χ4n) is 2.98. The molecule has 0 amide bonds. The Balaban J connectivity index is 2.37. The van der Waals surface area contributed by atoms with Gasteiger partial charge in [-0.15, -0.1) is 0 Å². The number of unbranched alkanes of at least 4 members (excludes halogenated alkanes) is 1. The highest BCUT2D eigenvalue weighted by Crippen LogP contribution is 2.37. The molecule has 1 heteroatoms. The predicted octanol–water partition coefficient (Wildman–Crippen LogP) is 4.53. The molecule has 0 aromatic rings. The van der Waals surface area contributed by atoms with E-state index in [1.807, 2.05) is 0 Å². The van der Waals surface area contributed by atoms with Crippen LogP contribution in [-0.2, 0) is 0 Å². The van der Waals surface area contributed by atoms with E-state index in [1.165, 1.54) is 38.5 Å². The van der Waals surface area contributed by atoms with Crippen LogP contribution in [0.15, 0.2) is 0 Å². The van der Waals surface area contributed by atoms with Gasteiger partial charge in [-0.05, 0) is 43.9 Å². The molecule has 1 fully saturated rings. The first-order valence-corrected chi connectivity index (χ1v) is 7.32. The number of hydrogen-bond acceptors (Lipinski definition) is 1. The van der Waals surface area contributed by atoms with Crippen molar-refractivity contribution in [2.24, 2.45) is 11.8 Å². The van der Waals surface area contributed by atoms with Crippen molar-refractivity contribution in [1.29, 1.82) is 0 Å². The highest BCUT2D eigenvalue weighted by atomic mass is 16.3. The van der Waals surface area contributed by atoms with Crippen molar-refractivity contribution in [3.8, 4) is 0 Å². The molecule has 1 atom stereocenters. The van der Waals surface area contributed by atoms with Gasteiger partial charge in [0.25, 0.3) is 0 Å². The number of hydrogen-bond donors (Lipinski definition) is 1. The van der Waals surface area contributed by atoms with Crippen LogP contribution < -0.4 is 0 Å². The first kappa shape index (κ1) is 14.0. The van der Waals surface area contributed by atoms with Crippen LogP contribution in [0, 0.1) is 11.8 Å². The van der Waals surface area contributed by atoms with Crippen molar-refractivity contribution < 1.29 is 5.11 Å². The van der Waals surface area contributed by atoms with Crippen LogP contribution in [0.3, 0.4) is 0 Å². The summed E-state index contributed by atoms with van der Waals surface area (Å²) in [6.45, 7) is 6.84. The Hall–Kier alpha value is -0.0400. The van der Waals surface area contributed by atoms with Crippen molar-refractivity contribution in [1.82, 2.24) is 0 Å². The molecule has 1 N–H and O–H groups in total. The van der Waals surface area contributed by atoms with Crippen molar-refractivity contribution in [2.75, 3.05) is 0 Å². The summed E-state index contributed by atoms with van der Waals surface area (Å²) < 4.78 is 0. The van der Waals surface area contributed by atoms with Crippen molar-refractivity contribution in [3.05, 3.63) is 0 Å². The van der Waals surface area contributed by atoms with Crippen LogP contribution in [0.4, 0.5) is 0 Å². The van der Waals surface area contributed by atoms with Gasteiger partial charge >= 0.3 is 0 Å². The van der Waals surface area contributed by atoms with E-state index in [-0.39, 0.29) is 5.60 Å². The lowest BCUT2D eigenvalue weighted by Crippen LogP contribution is -2.35. The smallest absolute Gasteiger partial charge is 0.0650 e. The Morgan fingerprint density at radius 1 is 1.25 bits per heavy atom. The van der Waals surface area contributed by atoms with Crippen LogP contribution in [-0.4, -0.2) is 10.7 Å². The minimum absolute atomic E-state index is 0.319. The molecule has 1 aliphatic rings. The van der Waals surface area contributed by atoms with Gasteiger partial charge in [0.05, 0.1) is 5.60 Å². The summed E-state index contributed by atoms with van der Waals surface area (Å²) in [5.41, 5.74) is -0.319. The minimum atomic E-state index is -0.319. The van der Waals surface area contributed by atoms with Gasteiger partial charge in [-0.25, -0.2) is 0 Å². The molecule has 96 valence electrons. The molecule has 0 aromatic heterocycles. The zero-order valence-corrected chi connectivity index (χ0v) is 11.5. The third-order valence-electron chi connectivity index (χ3n) is 4.42. The zero-order valence-electron chi connectivity index (χ0n) is 11.5. The lowest BCUT2D eigenvalue weighted by molar-refractivity contribution is -0.0289. The third kappa shape index (κ3) is 4.45. The Kier molecular flexibility index (Phi) is 5.82. The topological polar surface area (TPSA) is 20.2 Å². The molecular weight excluding hydrogens is 196 g/mol. The van der Waals surface area contributed by atoms with E-state index in [1.54, 1.807) is 0 Å². The molecule has 0 heterocycles. The van der Waals surface area contributed by atoms with Gasteiger partial charge in [0, 0.05) is 0 Å². The van der Waals surface area contributed by atoms with E-state index in [0.29, 0.717) is 0 Å². The summed E-state index contributed by atoms with van der Waals surface area (Å²) in [5, 5.41) is 10.6. The van der Waals surface area contributed by atoms with E-state index in [2.05, 4.69) is 20.8 Å². The summed E-state index contributed by atoms with van der Waals surface area (Å²) in [5.74, 6) is 1.58. The summed E-state index contributed by atoms with van der Waals surface area (Å²) >= 11 is 0. The van der Waals surface area contributed by atoms with Crippen LogP contribution >= 0.6 is 0 Å². The van der Waals surface area contributed by atoms with Crippen molar-refractivity contribution in [3.63, 3.8) is 0 Å². The Bertz CT molecular complexity index is 180. The maximum Gasteiger partial charge on any atom is 0.0650 e. The average molecular weight is 226 g/mol. The molecule has 1 aliphatic carbocycles. The molecule has 0 aromatic carbocycles. The van der Waals surface area contributed by atoms with E-state index >= 15 is 0 Å². The largest absolute Gasteiger partial charge is 0.390 e. The number of aliphatic hydroxyl groups is 1. The van der Waals surface area contributed by atoms with Crippen molar-refractivity contribution >= 4 is 0 Å². The first-order valence-electron chi connectivity index (χ1n) is 7.32. The van der Waals surface area contributed by atoms with Crippen molar-refractivity contribution in [2.45, 2.75) is 84.2 Å². The standard InChI is InChI=1S/C15H30O/c1-4-6-7-14(5-2)12-15(16)10-8-13(3)9-11-15/h13-14,16H,4-12H2,1-3H3. The zero-order chi connectivity index (χ0) is 12.0. The first-order chi connectivity index (χ1) is 7.59. The highest BCUT2D eigenvalue weighted by Gasteiger charge is 2.33. The fourth-order valence-corrected chi connectivity index (χ4v) is 2.98. The maximum atomic E-state index is 10.6. The molecule has 0 saturated heterocycles. The van der Waals surface area contributed by atoms with Gasteiger partial charge in [-0.2, -0.15) is 0 Å². The fraction of sp³-hybridized carbons (Fsp3) is 1.00. The van der Waals surface area contributed by atoms with Crippen LogP contribution in [0.2, 0.25) is 0 Å². The predicted molar refractivity (Wildman–Crippen MR) is 70.5 cm³/mol. The molecule has 0 aliphatic heterocycles. The summed E-state index contributed by atoms with van der Waals surface area (Å²) in [7, 11) is 0. The van der Waals surface area contributed by atoms with Gasteiger partial charge < -0.3 is 5.11 Å². The summed E-state index contributed by atoms with van der Waals surface area (Å²) in [6.07, 6.45) is 10.7. The Morgan fingerprint density at radius 3 is 2.38 bits per heavy atom. The lowest BCUT2D eigenvalue weighted by atomic mass is 9.74. The summed E-state index contributed by atoms with van der Waals surface area (Å²) in [6, 6.07) is 0. The minimum Gasteiger partial charge on any atom is -0.390 e.